The molecule has 0 radical (unpaired) electrons. The van der Waals surface area contributed by atoms with E-state index in [1.807, 2.05) is 31.2 Å². The van der Waals surface area contributed by atoms with Crippen LogP contribution >= 0.6 is 0 Å². The normalized spacial score (nSPS) is 12.1. The Labute approximate surface area is 95.1 Å². The van der Waals surface area contributed by atoms with Gasteiger partial charge in [-0.05, 0) is 25.8 Å². The third kappa shape index (κ3) is 3.85. The van der Waals surface area contributed by atoms with Gasteiger partial charge in [-0.1, -0.05) is 29.8 Å². The van der Waals surface area contributed by atoms with Gasteiger partial charge in [0.25, 0.3) is 0 Å². The van der Waals surface area contributed by atoms with Gasteiger partial charge >= 0.3 is 5.97 Å². The number of carbonyl (C=O) groups excluding carboxylic acids is 1. The van der Waals surface area contributed by atoms with Crippen molar-refractivity contribution >= 4 is 11.8 Å². The first-order chi connectivity index (χ1) is 7.49. The van der Waals surface area contributed by atoms with Gasteiger partial charge in [0.05, 0.1) is 6.42 Å². The lowest BCUT2D eigenvalue weighted by atomic mass is 9.92. The molecule has 0 fully saturated rings. The Morgan fingerprint density at radius 2 is 1.81 bits per heavy atom. The number of carbonyl (C=O) groups is 2. The van der Waals surface area contributed by atoms with Crippen molar-refractivity contribution in [2.24, 2.45) is 5.92 Å². The molecule has 1 unspecified atom stereocenters. The smallest absolute Gasteiger partial charge is 0.304 e. The number of aliphatic carboxylic acids is 1. The van der Waals surface area contributed by atoms with Crippen molar-refractivity contribution in [3.8, 4) is 0 Å². The molecule has 1 atom stereocenters. The highest BCUT2D eigenvalue weighted by molar-refractivity contribution is 5.83. The molecule has 3 heteroatoms. The van der Waals surface area contributed by atoms with E-state index in [9.17, 15) is 9.59 Å². The first kappa shape index (κ1) is 12.4. The van der Waals surface area contributed by atoms with Crippen LogP contribution in [0.25, 0.3) is 0 Å². The van der Waals surface area contributed by atoms with Crippen molar-refractivity contribution in [1.82, 2.24) is 0 Å². The van der Waals surface area contributed by atoms with E-state index >= 15 is 0 Å². The Morgan fingerprint density at radius 1 is 1.25 bits per heavy atom. The van der Waals surface area contributed by atoms with Crippen LogP contribution in [0.3, 0.4) is 0 Å². The average molecular weight is 220 g/mol. The van der Waals surface area contributed by atoms with Crippen LogP contribution < -0.4 is 0 Å². The molecule has 0 amide bonds. The third-order valence-electron chi connectivity index (χ3n) is 2.60. The largest absolute Gasteiger partial charge is 0.481 e. The van der Waals surface area contributed by atoms with Gasteiger partial charge in [0.15, 0.2) is 0 Å². The van der Waals surface area contributed by atoms with Crippen molar-refractivity contribution < 1.29 is 14.7 Å². The lowest BCUT2D eigenvalue weighted by molar-refractivity contribution is -0.140. The SMILES string of the molecule is CC(=O)C(CC(=O)O)Cc1ccc(C)cc1. The molecule has 0 spiro atoms. The highest BCUT2D eigenvalue weighted by Gasteiger charge is 2.18. The predicted octanol–water partition coefficient (Wildman–Crippen LogP) is 2.22. The summed E-state index contributed by atoms with van der Waals surface area (Å²) in [6.45, 7) is 3.44. The Kier molecular flexibility index (Phi) is 4.23. The monoisotopic (exact) mass is 220 g/mol. The zero-order valence-electron chi connectivity index (χ0n) is 9.56. The van der Waals surface area contributed by atoms with E-state index in [1.165, 1.54) is 6.92 Å². The van der Waals surface area contributed by atoms with E-state index in [1.54, 1.807) is 0 Å². The molecule has 0 aliphatic heterocycles. The molecule has 3 nitrogen and oxygen atoms in total. The van der Waals surface area contributed by atoms with E-state index < -0.39 is 11.9 Å². The summed E-state index contributed by atoms with van der Waals surface area (Å²) in [5, 5.41) is 8.70. The van der Waals surface area contributed by atoms with Gasteiger partial charge in [0.2, 0.25) is 0 Å². The quantitative estimate of drug-likeness (QED) is 0.827. The summed E-state index contributed by atoms with van der Waals surface area (Å²) < 4.78 is 0. The van der Waals surface area contributed by atoms with E-state index in [0.29, 0.717) is 6.42 Å². The topological polar surface area (TPSA) is 54.4 Å². The first-order valence-electron chi connectivity index (χ1n) is 5.27. The summed E-state index contributed by atoms with van der Waals surface area (Å²) >= 11 is 0. The molecule has 0 saturated heterocycles. The Hall–Kier alpha value is -1.64. The van der Waals surface area contributed by atoms with Crippen LogP contribution in [-0.4, -0.2) is 16.9 Å². The third-order valence-corrected chi connectivity index (χ3v) is 2.60. The number of ketones is 1. The zero-order chi connectivity index (χ0) is 12.1. The first-order valence-corrected chi connectivity index (χ1v) is 5.27. The Balaban J connectivity index is 2.71. The highest BCUT2D eigenvalue weighted by Crippen LogP contribution is 2.14. The fourth-order valence-electron chi connectivity index (χ4n) is 1.58. The van der Waals surface area contributed by atoms with Gasteiger partial charge in [0, 0.05) is 5.92 Å². The van der Waals surface area contributed by atoms with Crippen molar-refractivity contribution in [3.63, 3.8) is 0 Å². The summed E-state index contributed by atoms with van der Waals surface area (Å²) in [4.78, 5) is 21.9. The van der Waals surface area contributed by atoms with Gasteiger partial charge < -0.3 is 5.11 Å². The van der Waals surface area contributed by atoms with E-state index in [2.05, 4.69) is 0 Å². The number of rotatable bonds is 5. The molecule has 0 aromatic heterocycles. The van der Waals surface area contributed by atoms with E-state index in [4.69, 9.17) is 5.11 Å². The maximum atomic E-state index is 11.3. The number of hydrogen-bond acceptors (Lipinski definition) is 2. The average Bonchev–Trinajstić information content (AvgIpc) is 2.19. The molecule has 1 rings (SSSR count). The number of Topliss-reactive ketones (excluding diaryl/α,β-unsaturated/α-hetero) is 1. The summed E-state index contributed by atoms with van der Waals surface area (Å²) in [5.74, 6) is -1.41. The fourth-order valence-corrected chi connectivity index (χ4v) is 1.58. The summed E-state index contributed by atoms with van der Waals surface area (Å²) in [5.41, 5.74) is 2.16. The minimum Gasteiger partial charge on any atom is -0.481 e. The molecular weight excluding hydrogens is 204 g/mol. The Morgan fingerprint density at radius 3 is 2.25 bits per heavy atom. The second-order valence-corrected chi connectivity index (χ2v) is 4.10. The molecule has 1 aromatic rings. The number of aryl methyl sites for hydroxylation is 1. The van der Waals surface area contributed by atoms with Crippen LogP contribution in [-0.2, 0) is 16.0 Å². The summed E-state index contributed by atoms with van der Waals surface area (Å²) in [7, 11) is 0. The van der Waals surface area contributed by atoms with Crippen molar-refractivity contribution in [1.29, 1.82) is 0 Å². The molecule has 0 aliphatic carbocycles. The van der Waals surface area contributed by atoms with Crippen molar-refractivity contribution in [2.75, 3.05) is 0 Å². The van der Waals surface area contributed by atoms with Gasteiger partial charge in [-0.15, -0.1) is 0 Å². The lowest BCUT2D eigenvalue weighted by Gasteiger charge is -2.11. The maximum absolute atomic E-state index is 11.3. The van der Waals surface area contributed by atoms with Gasteiger partial charge in [-0.25, -0.2) is 0 Å². The van der Waals surface area contributed by atoms with Crippen molar-refractivity contribution in [3.05, 3.63) is 35.4 Å². The van der Waals surface area contributed by atoms with Crippen LogP contribution in [0.15, 0.2) is 24.3 Å². The van der Waals surface area contributed by atoms with Gasteiger partial charge in [-0.3, -0.25) is 9.59 Å². The number of benzene rings is 1. The second-order valence-electron chi connectivity index (χ2n) is 4.10. The molecule has 1 N–H and O–H groups in total. The molecular formula is C13H16O3. The highest BCUT2D eigenvalue weighted by atomic mass is 16.4. The van der Waals surface area contributed by atoms with Gasteiger partial charge in [-0.2, -0.15) is 0 Å². The van der Waals surface area contributed by atoms with Gasteiger partial charge in [0.1, 0.15) is 5.78 Å². The molecule has 0 aliphatic rings. The summed E-state index contributed by atoms with van der Waals surface area (Å²) in [6.07, 6.45) is 0.408. The second kappa shape index (κ2) is 5.45. The fraction of sp³-hybridized carbons (Fsp3) is 0.385. The maximum Gasteiger partial charge on any atom is 0.304 e. The Bertz CT molecular complexity index is 379. The lowest BCUT2D eigenvalue weighted by Crippen LogP contribution is -2.18. The number of hydrogen-bond donors (Lipinski definition) is 1. The zero-order valence-corrected chi connectivity index (χ0v) is 9.56. The molecule has 1 aromatic carbocycles. The predicted molar refractivity (Wildman–Crippen MR) is 61.3 cm³/mol. The molecule has 16 heavy (non-hydrogen) atoms. The summed E-state index contributed by atoms with van der Waals surface area (Å²) in [6, 6.07) is 7.81. The van der Waals surface area contributed by atoms with E-state index in [0.717, 1.165) is 11.1 Å². The molecule has 0 bridgehead atoms. The number of carboxylic acid groups (broad SMARTS) is 1. The van der Waals surface area contributed by atoms with Crippen LogP contribution in [0, 0.1) is 12.8 Å². The number of carboxylic acids is 1. The van der Waals surface area contributed by atoms with Crippen LogP contribution in [0.2, 0.25) is 0 Å². The molecule has 0 heterocycles. The van der Waals surface area contributed by atoms with Crippen molar-refractivity contribution in [2.45, 2.75) is 26.7 Å². The van der Waals surface area contributed by atoms with E-state index in [-0.39, 0.29) is 12.2 Å². The minimum atomic E-state index is -0.924. The standard InChI is InChI=1S/C13H16O3/c1-9-3-5-11(6-4-9)7-12(10(2)14)8-13(15)16/h3-6,12H,7-8H2,1-2H3,(H,15,16). The minimum absolute atomic E-state index is 0.0667. The van der Waals surface area contributed by atoms with Crippen LogP contribution in [0.4, 0.5) is 0 Å². The van der Waals surface area contributed by atoms with Crippen LogP contribution in [0.5, 0.6) is 0 Å². The molecule has 0 saturated carbocycles. The molecule has 86 valence electrons. The van der Waals surface area contributed by atoms with Crippen LogP contribution in [0.1, 0.15) is 24.5 Å².